The molecule has 0 aromatic rings. The Hall–Kier alpha value is -0.280. The van der Waals surface area contributed by atoms with Crippen molar-refractivity contribution in [1.29, 1.82) is 0 Å². The molecule has 3 nitrogen and oxygen atoms in total. The lowest BCUT2D eigenvalue weighted by molar-refractivity contribution is -0.126. The molecule has 1 saturated heterocycles. The second-order valence-corrected chi connectivity index (χ2v) is 6.13. The molecule has 0 bridgehead atoms. The molecule has 4 heteroatoms. The minimum Gasteiger partial charge on any atom is -0.353 e. The Morgan fingerprint density at radius 3 is 2.32 bits per heavy atom. The molecule has 1 aliphatic carbocycles. The molecule has 0 spiro atoms. The van der Waals surface area contributed by atoms with Crippen LogP contribution in [0.15, 0.2) is 0 Å². The maximum atomic E-state index is 12.3. The van der Waals surface area contributed by atoms with Crippen molar-refractivity contribution in [2.45, 2.75) is 76.8 Å². The van der Waals surface area contributed by atoms with E-state index in [0.717, 1.165) is 19.4 Å². The van der Waals surface area contributed by atoms with Crippen LogP contribution < -0.4 is 10.6 Å². The molecule has 1 aliphatic heterocycles. The fraction of sp³-hybridized carbons (Fsp3) is 0.933. The van der Waals surface area contributed by atoms with Crippen molar-refractivity contribution in [2.24, 2.45) is 5.92 Å². The summed E-state index contributed by atoms with van der Waals surface area (Å²) in [6.45, 7) is 3.17. The lowest BCUT2D eigenvalue weighted by Gasteiger charge is -2.29. The first-order valence-corrected chi connectivity index (χ1v) is 7.79. The largest absolute Gasteiger partial charge is 0.353 e. The van der Waals surface area contributed by atoms with Crippen molar-refractivity contribution in [3.63, 3.8) is 0 Å². The number of amides is 1. The summed E-state index contributed by atoms with van der Waals surface area (Å²) in [6.07, 6.45) is 11.0. The lowest BCUT2D eigenvalue weighted by atomic mass is 9.91. The number of halogens is 1. The van der Waals surface area contributed by atoms with Crippen LogP contribution in [0.2, 0.25) is 0 Å². The highest BCUT2D eigenvalue weighted by Crippen LogP contribution is 2.20. The minimum absolute atomic E-state index is 0. The molecule has 2 atom stereocenters. The van der Waals surface area contributed by atoms with Crippen LogP contribution in [0.25, 0.3) is 0 Å². The zero-order valence-electron chi connectivity index (χ0n) is 12.1. The molecular formula is C15H29ClN2O. The lowest BCUT2D eigenvalue weighted by Crippen LogP contribution is -2.45. The van der Waals surface area contributed by atoms with Gasteiger partial charge in [0.2, 0.25) is 5.91 Å². The van der Waals surface area contributed by atoms with Crippen LogP contribution in [-0.4, -0.2) is 24.5 Å². The van der Waals surface area contributed by atoms with Gasteiger partial charge in [-0.05, 0) is 39.2 Å². The quantitative estimate of drug-likeness (QED) is 0.820. The van der Waals surface area contributed by atoms with Gasteiger partial charge in [-0.1, -0.05) is 32.1 Å². The molecule has 0 aromatic heterocycles. The second kappa shape index (κ2) is 8.80. The highest BCUT2D eigenvalue weighted by molar-refractivity contribution is 5.85. The molecule has 2 rings (SSSR count). The van der Waals surface area contributed by atoms with Gasteiger partial charge in [-0.15, -0.1) is 12.4 Å². The number of nitrogens with one attached hydrogen (secondary N) is 2. The van der Waals surface area contributed by atoms with Crippen LogP contribution >= 0.6 is 12.4 Å². The van der Waals surface area contributed by atoms with Crippen molar-refractivity contribution in [2.75, 3.05) is 6.54 Å². The molecule has 0 radical (unpaired) electrons. The first kappa shape index (κ1) is 16.8. The zero-order chi connectivity index (χ0) is 12.8. The SMILES string of the molecule is C[C@H]1C[C@@H](C(=O)NC2CCCCCCC2)CCN1.Cl. The zero-order valence-corrected chi connectivity index (χ0v) is 12.9. The molecular weight excluding hydrogens is 260 g/mol. The Kier molecular flexibility index (Phi) is 7.77. The molecule has 1 heterocycles. The minimum atomic E-state index is 0. The summed E-state index contributed by atoms with van der Waals surface area (Å²) in [7, 11) is 0. The van der Waals surface area contributed by atoms with E-state index in [1.165, 1.54) is 44.9 Å². The van der Waals surface area contributed by atoms with Crippen LogP contribution in [0.3, 0.4) is 0 Å². The van der Waals surface area contributed by atoms with Crippen LogP contribution in [0.4, 0.5) is 0 Å². The first-order chi connectivity index (χ1) is 8.75. The van der Waals surface area contributed by atoms with Crippen molar-refractivity contribution in [3.8, 4) is 0 Å². The Bertz CT molecular complexity index is 265. The van der Waals surface area contributed by atoms with E-state index < -0.39 is 0 Å². The van der Waals surface area contributed by atoms with Gasteiger partial charge in [0, 0.05) is 18.0 Å². The van der Waals surface area contributed by atoms with Crippen LogP contribution in [0.1, 0.15) is 64.7 Å². The molecule has 2 N–H and O–H groups in total. The molecule has 1 amide bonds. The van der Waals surface area contributed by atoms with E-state index in [1.54, 1.807) is 0 Å². The van der Waals surface area contributed by atoms with Crippen LogP contribution in [0.5, 0.6) is 0 Å². The van der Waals surface area contributed by atoms with Gasteiger partial charge in [-0.3, -0.25) is 4.79 Å². The normalized spacial score (nSPS) is 29.7. The topological polar surface area (TPSA) is 41.1 Å². The third-order valence-corrected chi connectivity index (χ3v) is 4.45. The molecule has 2 fully saturated rings. The molecule has 0 unspecified atom stereocenters. The van der Waals surface area contributed by atoms with Gasteiger partial charge < -0.3 is 10.6 Å². The fourth-order valence-corrected chi connectivity index (χ4v) is 3.29. The smallest absolute Gasteiger partial charge is 0.223 e. The first-order valence-electron chi connectivity index (χ1n) is 7.79. The highest BCUT2D eigenvalue weighted by atomic mass is 35.5. The van der Waals surface area contributed by atoms with Crippen LogP contribution in [-0.2, 0) is 4.79 Å². The molecule has 2 aliphatic rings. The van der Waals surface area contributed by atoms with Crippen molar-refractivity contribution in [3.05, 3.63) is 0 Å². The summed E-state index contributed by atoms with van der Waals surface area (Å²) in [5, 5.41) is 6.72. The number of hydrogen-bond donors (Lipinski definition) is 2. The average molecular weight is 289 g/mol. The number of hydrogen-bond acceptors (Lipinski definition) is 2. The van der Waals surface area contributed by atoms with Crippen molar-refractivity contribution in [1.82, 2.24) is 10.6 Å². The van der Waals surface area contributed by atoms with E-state index in [4.69, 9.17) is 0 Å². The maximum absolute atomic E-state index is 12.3. The third-order valence-electron chi connectivity index (χ3n) is 4.45. The summed E-state index contributed by atoms with van der Waals surface area (Å²) < 4.78 is 0. The van der Waals surface area contributed by atoms with Gasteiger partial charge in [0.15, 0.2) is 0 Å². The fourth-order valence-electron chi connectivity index (χ4n) is 3.29. The molecule has 19 heavy (non-hydrogen) atoms. The van der Waals surface area contributed by atoms with Gasteiger partial charge in [-0.2, -0.15) is 0 Å². The van der Waals surface area contributed by atoms with Gasteiger partial charge in [0.05, 0.1) is 0 Å². The number of rotatable bonds is 2. The standard InChI is InChI=1S/C15H28N2O.ClH/c1-12-11-13(9-10-16-12)15(18)17-14-7-5-3-2-4-6-8-14;/h12-14,16H,2-11H2,1H3,(H,17,18);1H/t12-,13-;/m0./s1. The maximum Gasteiger partial charge on any atom is 0.223 e. The molecule has 112 valence electrons. The Morgan fingerprint density at radius 2 is 1.68 bits per heavy atom. The number of carbonyl (C=O) groups is 1. The van der Waals surface area contributed by atoms with Crippen molar-refractivity contribution < 1.29 is 4.79 Å². The highest BCUT2D eigenvalue weighted by Gasteiger charge is 2.26. The Morgan fingerprint density at radius 1 is 1.05 bits per heavy atom. The van der Waals surface area contributed by atoms with E-state index in [0.29, 0.717) is 18.0 Å². The van der Waals surface area contributed by atoms with Gasteiger partial charge in [-0.25, -0.2) is 0 Å². The van der Waals surface area contributed by atoms with Crippen LogP contribution in [0, 0.1) is 5.92 Å². The molecule has 1 saturated carbocycles. The predicted molar refractivity (Wildman–Crippen MR) is 81.7 cm³/mol. The third kappa shape index (κ3) is 5.70. The summed E-state index contributed by atoms with van der Waals surface area (Å²) in [5.41, 5.74) is 0. The van der Waals surface area contributed by atoms with Gasteiger partial charge >= 0.3 is 0 Å². The van der Waals surface area contributed by atoms with Gasteiger partial charge in [0.25, 0.3) is 0 Å². The predicted octanol–water partition coefficient (Wildman–Crippen LogP) is 3.03. The van der Waals surface area contributed by atoms with E-state index in [-0.39, 0.29) is 18.3 Å². The number of carbonyl (C=O) groups excluding carboxylic acids is 1. The summed E-state index contributed by atoms with van der Waals surface area (Å²) in [6, 6.07) is 0.940. The van der Waals surface area contributed by atoms with E-state index in [9.17, 15) is 4.79 Å². The van der Waals surface area contributed by atoms with E-state index in [1.807, 2.05) is 0 Å². The van der Waals surface area contributed by atoms with Crippen molar-refractivity contribution >= 4 is 18.3 Å². The average Bonchev–Trinajstić information content (AvgIpc) is 2.32. The van der Waals surface area contributed by atoms with Gasteiger partial charge in [0.1, 0.15) is 0 Å². The summed E-state index contributed by atoms with van der Waals surface area (Å²) >= 11 is 0. The Labute approximate surface area is 123 Å². The summed E-state index contributed by atoms with van der Waals surface area (Å²) in [4.78, 5) is 12.3. The monoisotopic (exact) mass is 288 g/mol. The number of piperidine rings is 1. The van der Waals surface area contributed by atoms with E-state index >= 15 is 0 Å². The second-order valence-electron chi connectivity index (χ2n) is 6.13. The molecule has 0 aromatic carbocycles. The van der Waals surface area contributed by atoms with E-state index in [2.05, 4.69) is 17.6 Å². The Balaban J connectivity index is 0.00000180. The summed E-state index contributed by atoms with van der Waals surface area (Å²) in [5.74, 6) is 0.556.